The number of amides is 1. The molecule has 5 nitrogen and oxygen atoms in total. The molecule has 1 aromatic rings. The highest BCUT2D eigenvalue weighted by Gasteiger charge is 2.21. The van der Waals surface area contributed by atoms with Gasteiger partial charge >= 0.3 is 0 Å². The summed E-state index contributed by atoms with van der Waals surface area (Å²) in [6, 6.07) is 0.302. The standard InChI is InChI=1S/C10H15N3O2S/c1-8-7-15-4-3-13(8)6-9(14)12-10-11-2-5-16-10/h2,5,8H,3-4,6-7H2,1H3,(H,11,12,14). The van der Waals surface area contributed by atoms with Gasteiger partial charge in [-0.3, -0.25) is 9.69 Å². The number of hydrogen-bond acceptors (Lipinski definition) is 5. The van der Waals surface area contributed by atoms with Crippen molar-refractivity contribution in [2.75, 3.05) is 31.6 Å². The number of rotatable bonds is 3. The van der Waals surface area contributed by atoms with Crippen LogP contribution in [0.25, 0.3) is 0 Å². The number of carbonyl (C=O) groups is 1. The summed E-state index contributed by atoms with van der Waals surface area (Å²) in [5.41, 5.74) is 0. The number of aromatic nitrogens is 1. The average molecular weight is 241 g/mol. The van der Waals surface area contributed by atoms with Crippen LogP contribution >= 0.6 is 11.3 Å². The summed E-state index contributed by atoms with van der Waals surface area (Å²) in [6.45, 7) is 4.69. The van der Waals surface area contributed by atoms with Crippen molar-refractivity contribution in [1.82, 2.24) is 9.88 Å². The van der Waals surface area contributed by atoms with Gasteiger partial charge in [0.05, 0.1) is 19.8 Å². The number of hydrogen-bond donors (Lipinski definition) is 1. The van der Waals surface area contributed by atoms with Gasteiger partial charge in [0.25, 0.3) is 0 Å². The van der Waals surface area contributed by atoms with E-state index in [1.54, 1.807) is 6.20 Å². The molecule has 0 spiro atoms. The van der Waals surface area contributed by atoms with Crippen LogP contribution in [0.15, 0.2) is 11.6 Å². The van der Waals surface area contributed by atoms with E-state index in [9.17, 15) is 4.79 Å². The van der Waals surface area contributed by atoms with Gasteiger partial charge in [0, 0.05) is 24.2 Å². The van der Waals surface area contributed by atoms with Crippen LogP contribution in [0.3, 0.4) is 0 Å². The van der Waals surface area contributed by atoms with E-state index in [2.05, 4.69) is 22.1 Å². The number of nitrogens with zero attached hydrogens (tertiary/aromatic N) is 2. The molecule has 1 amide bonds. The molecule has 0 saturated carbocycles. The normalized spacial score (nSPS) is 21.9. The number of ether oxygens (including phenoxy) is 1. The third kappa shape index (κ3) is 3.01. The summed E-state index contributed by atoms with van der Waals surface area (Å²) in [5, 5.41) is 5.27. The third-order valence-corrected chi connectivity index (χ3v) is 3.22. The first kappa shape index (κ1) is 11.5. The maximum absolute atomic E-state index is 11.7. The topological polar surface area (TPSA) is 54.5 Å². The van der Waals surface area contributed by atoms with Gasteiger partial charge in [-0.25, -0.2) is 4.98 Å². The van der Waals surface area contributed by atoms with Gasteiger partial charge in [0.2, 0.25) is 5.91 Å². The highest BCUT2D eigenvalue weighted by molar-refractivity contribution is 7.13. The smallest absolute Gasteiger partial charge is 0.240 e. The first-order chi connectivity index (χ1) is 7.75. The van der Waals surface area contributed by atoms with Crippen molar-refractivity contribution in [3.05, 3.63) is 11.6 Å². The highest BCUT2D eigenvalue weighted by Crippen LogP contribution is 2.11. The van der Waals surface area contributed by atoms with E-state index in [4.69, 9.17) is 4.74 Å². The first-order valence-electron chi connectivity index (χ1n) is 5.27. The zero-order chi connectivity index (χ0) is 11.4. The Balaban J connectivity index is 1.82. The maximum Gasteiger partial charge on any atom is 0.240 e. The predicted octanol–water partition coefficient (Wildman–Crippen LogP) is 0.802. The molecule has 1 aromatic heterocycles. The SMILES string of the molecule is CC1COCCN1CC(=O)Nc1nccs1. The van der Waals surface area contributed by atoms with E-state index in [0.717, 1.165) is 6.54 Å². The summed E-state index contributed by atoms with van der Waals surface area (Å²) in [4.78, 5) is 17.8. The number of thiazole rings is 1. The molecule has 1 N–H and O–H groups in total. The molecule has 16 heavy (non-hydrogen) atoms. The zero-order valence-corrected chi connectivity index (χ0v) is 10.00. The average Bonchev–Trinajstić information content (AvgIpc) is 2.74. The molecule has 2 rings (SSSR count). The molecule has 6 heteroatoms. The van der Waals surface area contributed by atoms with Gasteiger partial charge < -0.3 is 10.1 Å². The van der Waals surface area contributed by atoms with Crippen molar-refractivity contribution in [2.24, 2.45) is 0 Å². The van der Waals surface area contributed by atoms with Crippen LogP contribution in [0.1, 0.15) is 6.92 Å². The third-order valence-electron chi connectivity index (χ3n) is 2.53. The Morgan fingerprint density at radius 3 is 3.38 bits per heavy atom. The van der Waals surface area contributed by atoms with E-state index in [1.165, 1.54) is 11.3 Å². The molecule has 1 atom stereocenters. The minimum Gasteiger partial charge on any atom is -0.379 e. The largest absolute Gasteiger partial charge is 0.379 e. The fraction of sp³-hybridized carbons (Fsp3) is 0.600. The summed E-state index contributed by atoms with van der Waals surface area (Å²) < 4.78 is 5.32. The van der Waals surface area contributed by atoms with Gasteiger partial charge in [-0.2, -0.15) is 0 Å². The van der Waals surface area contributed by atoms with Crippen LogP contribution in [0.4, 0.5) is 5.13 Å². The molecule has 0 aromatic carbocycles. The Morgan fingerprint density at radius 2 is 2.69 bits per heavy atom. The highest BCUT2D eigenvalue weighted by atomic mass is 32.1. The second-order valence-electron chi connectivity index (χ2n) is 3.78. The summed E-state index contributed by atoms with van der Waals surface area (Å²) in [7, 11) is 0. The van der Waals surface area contributed by atoms with Crippen LogP contribution in [0.5, 0.6) is 0 Å². The quantitative estimate of drug-likeness (QED) is 0.850. The van der Waals surface area contributed by atoms with E-state index in [-0.39, 0.29) is 5.91 Å². The zero-order valence-electron chi connectivity index (χ0n) is 9.18. The summed E-state index contributed by atoms with van der Waals surface area (Å²) in [5.74, 6) is -0.0105. The molecule has 1 aliphatic rings. The molecule has 0 radical (unpaired) electrons. The number of nitrogens with one attached hydrogen (secondary N) is 1. The predicted molar refractivity (Wildman–Crippen MR) is 62.6 cm³/mol. The molecule has 1 saturated heterocycles. The van der Waals surface area contributed by atoms with Crippen molar-refractivity contribution < 1.29 is 9.53 Å². The molecule has 1 aliphatic heterocycles. The number of morpholine rings is 1. The molecular weight excluding hydrogens is 226 g/mol. The maximum atomic E-state index is 11.7. The van der Waals surface area contributed by atoms with Crippen molar-refractivity contribution >= 4 is 22.4 Å². The van der Waals surface area contributed by atoms with Gasteiger partial charge in [-0.1, -0.05) is 0 Å². The molecule has 1 fully saturated rings. The molecule has 2 heterocycles. The lowest BCUT2D eigenvalue weighted by molar-refractivity contribution is -0.119. The van der Waals surface area contributed by atoms with Crippen LogP contribution in [0, 0.1) is 0 Å². The van der Waals surface area contributed by atoms with E-state index in [0.29, 0.717) is 30.9 Å². The Bertz CT molecular complexity index is 342. The molecule has 1 unspecified atom stereocenters. The fourth-order valence-corrected chi connectivity index (χ4v) is 2.17. The van der Waals surface area contributed by atoms with Crippen molar-refractivity contribution in [3.8, 4) is 0 Å². The molecule has 88 valence electrons. The number of anilines is 1. The monoisotopic (exact) mass is 241 g/mol. The minimum atomic E-state index is -0.0105. The van der Waals surface area contributed by atoms with Crippen LogP contribution in [-0.2, 0) is 9.53 Å². The van der Waals surface area contributed by atoms with E-state index < -0.39 is 0 Å². The molecule has 0 aliphatic carbocycles. The fourth-order valence-electron chi connectivity index (χ4n) is 1.62. The molecule has 0 bridgehead atoms. The lowest BCUT2D eigenvalue weighted by Gasteiger charge is -2.32. The minimum absolute atomic E-state index is 0.0105. The van der Waals surface area contributed by atoms with Gasteiger partial charge in [0.1, 0.15) is 0 Å². The summed E-state index contributed by atoms with van der Waals surface area (Å²) in [6.07, 6.45) is 1.68. The van der Waals surface area contributed by atoms with Crippen LogP contribution < -0.4 is 5.32 Å². The Labute approximate surface area is 98.4 Å². The Hall–Kier alpha value is -0.980. The summed E-state index contributed by atoms with van der Waals surface area (Å²) >= 11 is 1.43. The number of carbonyl (C=O) groups excluding carboxylic acids is 1. The second kappa shape index (κ2) is 5.38. The van der Waals surface area contributed by atoms with E-state index in [1.807, 2.05) is 5.38 Å². The van der Waals surface area contributed by atoms with Gasteiger partial charge in [0.15, 0.2) is 5.13 Å². The first-order valence-corrected chi connectivity index (χ1v) is 6.15. The molecular formula is C10H15N3O2S. The van der Waals surface area contributed by atoms with Crippen LogP contribution in [0.2, 0.25) is 0 Å². The Kier molecular flexibility index (Phi) is 3.87. The second-order valence-corrected chi connectivity index (χ2v) is 4.67. The van der Waals surface area contributed by atoms with Gasteiger partial charge in [-0.15, -0.1) is 11.3 Å². The van der Waals surface area contributed by atoms with Crippen molar-refractivity contribution in [2.45, 2.75) is 13.0 Å². The van der Waals surface area contributed by atoms with Crippen molar-refractivity contribution in [3.63, 3.8) is 0 Å². The Morgan fingerprint density at radius 1 is 1.81 bits per heavy atom. The van der Waals surface area contributed by atoms with E-state index >= 15 is 0 Å². The van der Waals surface area contributed by atoms with Crippen molar-refractivity contribution in [1.29, 1.82) is 0 Å². The van der Waals surface area contributed by atoms with Gasteiger partial charge in [-0.05, 0) is 6.92 Å². The lowest BCUT2D eigenvalue weighted by atomic mass is 10.2. The lowest BCUT2D eigenvalue weighted by Crippen LogP contribution is -2.47. The van der Waals surface area contributed by atoms with Crippen LogP contribution in [-0.4, -0.2) is 48.1 Å².